The van der Waals surface area contributed by atoms with Crippen LogP contribution in [-0.4, -0.2) is 54.1 Å². The lowest BCUT2D eigenvalue weighted by Crippen LogP contribution is -2.17. The average Bonchev–Trinajstić information content (AvgIpc) is 2.51. The first-order valence-corrected chi connectivity index (χ1v) is 10.6. The predicted molar refractivity (Wildman–Crippen MR) is 125 cm³/mol. The predicted octanol–water partition coefficient (Wildman–Crippen LogP) is 4.33. The smallest absolute Gasteiger partial charge is 0.228 e. The Balaban J connectivity index is 0.000000300. The Labute approximate surface area is 188 Å². The van der Waals surface area contributed by atoms with Gasteiger partial charge in [0, 0.05) is 24.2 Å². The van der Waals surface area contributed by atoms with Gasteiger partial charge in [-0.3, -0.25) is 0 Å². The van der Waals surface area contributed by atoms with Crippen molar-refractivity contribution in [3.8, 4) is 0 Å². The summed E-state index contributed by atoms with van der Waals surface area (Å²) in [7, 11) is 0. The molecule has 0 aliphatic rings. The Morgan fingerprint density at radius 2 is 0.633 bits per heavy atom. The van der Waals surface area contributed by atoms with Crippen LogP contribution in [0.2, 0.25) is 10.6 Å². The van der Waals surface area contributed by atoms with Crippen LogP contribution < -0.4 is 21.3 Å². The number of hydrogen-bond donors (Lipinski definition) is 4. The highest BCUT2D eigenvalue weighted by Gasteiger charge is 2.07. The zero-order valence-corrected chi connectivity index (χ0v) is 20.3. The van der Waals surface area contributed by atoms with E-state index in [4.69, 9.17) is 23.2 Å². The molecule has 168 valence electrons. The fraction of sp³-hybridized carbons (Fsp3) is 0.667. The molecule has 2 rings (SSSR count). The fourth-order valence-corrected chi connectivity index (χ4v) is 2.31. The maximum absolute atomic E-state index is 5.77. The Bertz CT molecular complexity index is 662. The zero-order chi connectivity index (χ0) is 22.8. The van der Waals surface area contributed by atoms with Crippen LogP contribution in [0.4, 0.5) is 23.8 Å². The van der Waals surface area contributed by atoms with Gasteiger partial charge in [0.1, 0.15) is 0 Å². The third kappa shape index (κ3) is 11.1. The minimum absolute atomic E-state index is 0.191. The molecule has 0 saturated carbocycles. The number of halogens is 2. The van der Waals surface area contributed by atoms with Gasteiger partial charge in [-0.25, -0.2) is 0 Å². The molecule has 0 fully saturated rings. The molecule has 2 aromatic heterocycles. The van der Waals surface area contributed by atoms with Crippen molar-refractivity contribution >= 4 is 47.0 Å². The molecule has 0 amide bonds. The molecule has 2 aromatic rings. The van der Waals surface area contributed by atoms with Gasteiger partial charge in [0.2, 0.25) is 34.4 Å². The molecule has 0 unspecified atom stereocenters. The normalized spacial score (nSPS) is 10.9. The highest BCUT2D eigenvalue weighted by Crippen LogP contribution is 2.12. The third-order valence-corrected chi connectivity index (χ3v) is 3.23. The van der Waals surface area contributed by atoms with E-state index in [1.807, 2.05) is 55.4 Å². The molecular formula is C18H32Cl2N10. The molecule has 2 heterocycles. The summed E-state index contributed by atoms with van der Waals surface area (Å²) in [5, 5.41) is 12.7. The van der Waals surface area contributed by atoms with Crippen molar-refractivity contribution in [1.82, 2.24) is 29.9 Å². The molecule has 0 atom stereocenters. The van der Waals surface area contributed by atoms with Gasteiger partial charge in [-0.2, -0.15) is 29.9 Å². The lowest BCUT2D eigenvalue weighted by atomic mass is 10.4. The maximum atomic E-state index is 5.77. The summed E-state index contributed by atoms with van der Waals surface area (Å²) in [4.78, 5) is 24.3. The molecule has 10 nitrogen and oxygen atoms in total. The summed E-state index contributed by atoms with van der Waals surface area (Å²) in [6.45, 7) is 16.1. The van der Waals surface area contributed by atoms with E-state index in [0.717, 1.165) is 0 Å². The number of anilines is 4. The van der Waals surface area contributed by atoms with E-state index in [2.05, 4.69) is 51.2 Å². The molecule has 0 spiro atoms. The Morgan fingerprint density at radius 1 is 0.433 bits per heavy atom. The Kier molecular flexibility index (Phi) is 10.8. The standard InChI is InChI=1S/2C9H16ClN5/c2*1-5(2)11-8-13-7(10)14-9(15-8)12-6(3)4/h2*5-6H,1-4H3,(H2,11,12,13,14,15). The maximum Gasteiger partial charge on any atom is 0.228 e. The van der Waals surface area contributed by atoms with E-state index < -0.39 is 0 Å². The minimum atomic E-state index is 0.191. The molecule has 0 bridgehead atoms. The molecule has 4 N–H and O–H groups in total. The van der Waals surface area contributed by atoms with Crippen molar-refractivity contribution in [1.29, 1.82) is 0 Å². The second-order valence-corrected chi connectivity index (χ2v) is 8.38. The van der Waals surface area contributed by atoms with E-state index >= 15 is 0 Å². The van der Waals surface area contributed by atoms with Crippen molar-refractivity contribution in [3.63, 3.8) is 0 Å². The Morgan fingerprint density at radius 3 is 0.800 bits per heavy atom. The van der Waals surface area contributed by atoms with Gasteiger partial charge in [-0.1, -0.05) is 0 Å². The highest BCUT2D eigenvalue weighted by molar-refractivity contribution is 6.28. The summed E-state index contributed by atoms with van der Waals surface area (Å²) in [5.41, 5.74) is 0. The molecule has 12 heteroatoms. The lowest BCUT2D eigenvalue weighted by molar-refractivity contribution is 0.844. The van der Waals surface area contributed by atoms with Gasteiger partial charge in [0.25, 0.3) is 0 Å². The van der Waals surface area contributed by atoms with Gasteiger partial charge < -0.3 is 21.3 Å². The quantitative estimate of drug-likeness (QED) is 0.453. The Hall–Kier alpha value is -2.20. The summed E-state index contributed by atoms with van der Waals surface area (Å²) in [6.07, 6.45) is 0. The van der Waals surface area contributed by atoms with Crippen LogP contribution in [-0.2, 0) is 0 Å². The number of rotatable bonds is 8. The van der Waals surface area contributed by atoms with Gasteiger partial charge in [0.05, 0.1) is 0 Å². The number of nitrogens with zero attached hydrogens (tertiary/aromatic N) is 6. The molecule has 30 heavy (non-hydrogen) atoms. The van der Waals surface area contributed by atoms with Gasteiger partial charge in [0.15, 0.2) is 0 Å². The van der Waals surface area contributed by atoms with Crippen molar-refractivity contribution in [2.24, 2.45) is 0 Å². The van der Waals surface area contributed by atoms with E-state index in [1.165, 1.54) is 0 Å². The first-order valence-electron chi connectivity index (χ1n) is 9.83. The second kappa shape index (κ2) is 12.5. The van der Waals surface area contributed by atoms with Crippen LogP contribution in [0.5, 0.6) is 0 Å². The topological polar surface area (TPSA) is 125 Å². The molecule has 0 saturated heterocycles. The summed E-state index contributed by atoms with van der Waals surface area (Å²) in [6, 6.07) is 1.04. The largest absolute Gasteiger partial charge is 0.352 e. The molecular weight excluding hydrogens is 427 g/mol. The fourth-order valence-electron chi connectivity index (χ4n) is 1.99. The molecule has 0 aromatic carbocycles. The van der Waals surface area contributed by atoms with Crippen LogP contribution in [0.3, 0.4) is 0 Å². The monoisotopic (exact) mass is 458 g/mol. The first kappa shape index (κ1) is 25.8. The van der Waals surface area contributed by atoms with Crippen molar-refractivity contribution < 1.29 is 0 Å². The number of aromatic nitrogens is 6. The average molecular weight is 459 g/mol. The van der Waals surface area contributed by atoms with Crippen molar-refractivity contribution in [2.75, 3.05) is 21.3 Å². The van der Waals surface area contributed by atoms with E-state index in [1.54, 1.807) is 0 Å². The van der Waals surface area contributed by atoms with Gasteiger partial charge in [-0.15, -0.1) is 0 Å². The van der Waals surface area contributed by atoms with Crippen LogP contribution in [0.25, 0.3) is 0 Å². The minimum Gasteiger partial charge on any atom is -0.352 e. The highest BCUT2D eigenvalue weighted by atomic mass is 35.5. The van der Waals surface area contributed by atoms with E-state index in [-0.39, 0.29) is 34.7 Å². The number of nitrogens with one attached hydrogen (secondary N) is 4. The summed E-state index contributed by atoms with van der Waals surface area (Å²) in [5.74, 6) is 1.97. The van der Waals surface area contributed by atoms with Crippen LogP contribution in [0, 0.1) is 0 Å². The molecule has 0 aliphatic carbocycles. The van der Waals surface area contributed by atoms with Crippen LogP contribution in [0.1, 0.15) is 55.4 Å². The first-order chi connectivity index (χ1) is 13.9. The zero-order valence-electron chi connectivity index (χ0n) is 18.7. The van der Waals surface area contributed by atoms with Crippen molar-refractivity contribution in [2.45, 2.75) is 79.6 Å². The second-order valence-electron chi connectivity index (χ2n) is 7.70. The SMILES string of the molecule is CC(C)Nc1nc(Cl)nc(NC(C)C)n1.CC(C)Nc1nc(Cl)nc(NC(C)C)n1. The van der Waals surface area contributed by atoms with Gasteiger partial charge in [-0.05, 0) is 78.6 Å². The van der Waals surface area contributed by atoms with E-state index in [9.17, 15) is 0 Å². The molecule has 0 aliphatic heterocycles. The lowest BCUT2D eigenvalue weighted by Gasteiger charge is -2.11. The van der Waals surface area contributed by atoms with Crippen LogP contribution >= 0.6 is 23.2 Å². The van der Waals surface area contributed by atoms with Crippen LogP contribution in [0.15, 0.2) is 0 Å². The third-order valence-electron chi connectivity index (χ3n) is 2.89. The summed E-state index contributed by atoms with van der Waals surface area (Å²) < 4.78 is 0. The summed E-state index contributed by atoms with van der Waals surface area (Å²) >= 11 is 11.5. The molecule has 0 radical (unpaired) electrons. The van der Waals surface area contributed by atoms with Gasteiger partial charge >= 0.3 is 0 Å². The van der Waals surface area contributed by atoms with E-state index in [0.29, 0.717) is 23.8 Å². The number of hydrogen-bond acceptors (Lipinski definition) is 10. The van der Waals surface area contributed by atoms with Crippen molar-refractivity contribution in [3.05, 3.63) is 10.6 Å².